The third-order valence-corrected chi connectivity index (χ3v) is 4.77. The zero-order valence-corrected chi connectivity index (χ0v) is 14.6. The van der Waals surface area contributed by atoms with Crippen molar-refractivity contribution in [3.63, 3.8) is 0 Å². The summed E-state index contributed by atoms with van der Waals surface area (Å²) in [4.78, 5) is 0. The summed E-state index contributed by atoms with van der Waals surface area (Å²) in [5.74, 6) is 0. The summed E-state index contributed by atoms with van der Waals surface area (Å²) in [5, 5.41) is 0. The average Bonchev–Trinajstić information content (AvgIpc) is 2.61. The maximum absolute atomic E-state index is 5.78. The standard InChI is InChI=1S/C20H28NO2/c1-17(22-3)21(18(2)23-4,15-19-11-7-5-8-12-19)16-20-13-9-6-10-14-20/h5-14,17-18H,15-16H2,1-4H3/q+1. The van der Waals surface area contributed by atoms with Crippen LogP contribution in [0.3, 0.4) is 0 Å². The van der Waals surface area contributed by atoms with Gasteiger partial charge in [-0.3, -0.25) is 4.48 Å². The van der Waals surface area contributed by atoms with Crippen LogP contribution in [-0.4, -0.2) is 31.2 Å². The number of benzene rings is 2. The van der Waals surface area contributed by atoms with E-state index in [1.54, 1.807) is 14.2 Å². The van der Waals surface area contributed by atoms with E-state index in [-0.39, 0.29) is 12.5 Å². The largest absolute Gasteiger partial charge is 0.333 e. The van der Waals surface area contributed by atoms with Gasteiger partial charge in [-0.1, -0.05) is 60.7 Å². The highest BCUT2D eigenvalue weighted by Crippen LogP contribution is 2.28. The molecule has 3 nitrogen and oxygen atoms in total. The molecule has 0 heterocycles. The topological polar surface area (TPSA) is 18.5 Å². The molecular formula is C20H28NO2+. The van der Waals surface area contributed by atoms with Crippen molar-refractivity contribution in [1.82, 2.24) is 0 Å². The molecule has 0 saturated carbocycles. The Kier molecular flexibility index (Phi) is 6.34. The van der Waals surface area contributed by atoms with Gasteiger partial charge in [0.15, 0.2) is 12.5 Å². The van der Waals surface area contributed by atoms with E-state index >= 15 is 0 Å². The van der Waals surface area contributed by atoms with Crippen molar-refractivity contribution in [3.8, 4) is 0 Å². The molecule has 2 atom stereocenters. The fourth-order valence-corrected chi connectivity index (χ4v) is 3.13. The van der Waals surface area contributed by atoms with Gasteiger partial charge in [0.05, 0.1) is 0 Å². The number of hydrogen-bond donors (Lipinski definition) is 0. The molecule has 2 unspecified atom stereocenters. The number of rotatable bonds is 8. The Balaban J connectivity index is 2.41. The predicted molar refractivity (Wildman–Crippen MR) is 93.5 cm³/mol. The van der Waals surface area contributed by atoms with Crippen LogP contribution in [-0.2, 0) is 22.6 Å². The minimum Gasteiger partial charge on any atom is -0.333 e. The van der Waals surface area contributed by atoms with E-state index in [4.69, 9.17) is 9.47 Å². The van der Waals surface area contributed by atoms with Gasteiger partial charge in [-0.25, -0.2) is 0 Å². The minimum atomic E-state index is 0.0189. The molecule has 0 aliphatic carbocycles. The average molecular weight is 314 g/mol. The Bertz CT molecular complexity index is 517. The summed E-state index contributed by atoms with van der Waals surface area (Å²) >= 11 is 0. The van der Waals surface area contributed by atoms with Crippen molar-refractivity contribution in [2.75, 3.05) is 14.2 Å². The first-order chi connectivity index (χ1) is 11.1. The third kappa shape index (κ3) is 4.20. The summed E-state index contributed by atoms with van der Waals surface area (Å²) in [6.07, 6.45) is 0.0377. The van der Waals surface area contributed by atoms with Crippen LogP contribution >= 0.6 is 0 Å². The molecule has 0 aliphatic heterocycles. The fraction of sp³-hybridized carbons (Fsp3) is 0.400. The monoisotopic (exact) mass is 314 g/mol. The molecule has 124 valence electrons. The number of quaternary nitrogens is 1. The Labute approximate surface area is 140 Å². The van der Waals surface area contributed by atoms with Gasteiger partial charge in [0.2, 0.25) is 0 Å². The normalized spacial score (nSPS) is 14.4. The van der Waals surface area contributed by atoms with Crippen LogP contribution in [0.25, 0.3) is 0 Å². The second kappa shape index (κ2) is 8.25. The molecule has 0 fully saturated rings. The van der Waals surface area contributed by atoms with Crippen LogP contribution in [0.2, 0.25) is 0 Å². The van der Waals surface area contributed by atoms with E-state index < -0.39 is 0 Å². The first kappa shape index (κ1) is 17.7. The number of nitrogens with zero attached hydrogens (tertiary/aromatic N) is 1. The molecule has 0 aliphatic rings. The molecule has 0 aromatic heterocycles. The van der Waals surface area contributed by atoms with Gasteiger partial charge >= 0.3 is 0 Å². The van der Waals surface area contributed by atoms with Crippen LogP contribution in [0, 0.1) is 0 Å². The highest BCUT2D eigenvalue weighted by molar-refractivity contribution is 5.15. The SMILES string of the molecule is COC(C)[N+](Cc1ccccc1)(Cc1ccccc1)C(C)OC. The second-order valence-corrected chi connectivity index (χ2v) is 6.06. The van der Waals surface area contributed by atoms with E-state index in [0.717, 1.165) is 13.1 Å². The predicted octanol–water partition coefficient (Wildman–Crippen LogP) is 4.19. The quantitative estimate of drug-likeness (QED) is 0.537. The van der Waals surface area contributed by atoms with Crippen LogP contribution in [0.5, 0.6) is 0 Å². The zero-order valence-electron chi connectivity index (χ0n) is 14.6. The minimum absolute atomic E-state index is 0.0189. The summed E-state index contributed by atoms with van der Waals surface area (Å²) in [5.41, 5.74) is 2.58. The number of hydrogen-bond acceptors (Lipinski definition) is 2. The molecule has 3 heteroatoms. The molecule has 0 spiro atoms. The van der Waals surface area contributed by atoms with Crippen LogP contribution < -0.4 is 0 Å². The molecule has 0 bridgehead atoms. The molecule has 23 heavy (non-hydrogen) atoms. The molecular weight excluding hydrogens is 286 g/mol. The lowest BCUT2D eigenvalue weighted by Gasteiger charge is -2.46. The Morgan fingerprint density at radius 2 is 1.04 bits per heavy atom. The maximum atomic E-state index is 5.78. The summed E-state index contributed by atoms with van der Waals surface area (Å²) in [6.45, 7) is 5.97. The Morgan fingerprint density at radius 1 is 0.696 bits per heavy atom. The van der Waals surface area contributed by atoms with Gasteiger partial charge < -0.3 is 9.47 Å². The molecule has 2 aromatic carbocycles. The fourth-order valence-electron chi connectivity index (χ4n) is 3.13. The highest BCUT2D eigenvalue weighted by Gasteiger charge is 2.40. The van der Waals surface area contributed by atoms with Crippen molar-refractivity contribution in [2.24, 2.45) is 0 Å². The maximum Gasteiger partial charge on any atom is 0.192 e. The Hall–Kier alpha value is -1.68. The lowest BCUT2D eigenvalue weighted by Crippen LogP contribution is -2.59. The number of methoxy groups -OCH3 is 2. The van der Waals surface area contributed by atoms with E-state index in [2.05, 4.69) is 74.5 Å². The van der Waals surface area contributed by atoms with Gasteiger partial charge in [0.1, 0.15) is 13.1 Å². The van der Waals surface area contributed by atoms with E-state index in [9.17, 15) is 0 Å². The smallest absolute Gasteiger partial charge is 0.192 e. The van der Waals surface area contributed by atoms with Crippen molar-refractivity contribution < 1.29 is 14.0 Å². The van der Waals surface area contributed by atoms with Gasteiger partial charge in [-0.05, 0) is 0 Å². The molecule has 2 aromatic rings. The highest BCUT2D eigenvalue weighted by atomic mass is 16.5. The molecule has 0 amide bonds. The van der Waals surface area contributed by atoms with Gasteiger partial charge in [0.25, 0.3) is 0 Å². The van der Waals surface area contributed by atoms with E-state index in [0.29, 0.717) is 4.48 Å². The first-order valence-corrected chi connectivity index (χ1v) is 8.12. The first-order valence-electron chi connectivity index (χ1n) is 8.12. The summed E-state index contributed by atoms with van der Waals surface area (Å²) in [7, 11) is 3.55. The van der Waals surface area contributed by atoms with Crippen molar-refractivity contribution in [1.29, 1.82) is 0 Å². The van der Waals surface area contributed by atoms with E-state index in [1.165, 1.54) is 11.1 Å². The Morgan fingerprint density at radius 3 is 1.35 bits per heavy atom. The second-order valence-electron chi connectivity index (χ2n) is 6.06. The molecule has 0 saturated heterocycles. The van der Waals surface area contributed by atoms with E-state index in [1.807, 2.05) is 0 Å². The summed E-state index contributed by atoms with van der Waals surface area (Å²) < 4.78 is 12.2. The van der Waals surface area contributed by atoms with Crippen LogP contribution in [0.4, 0.5) is 0 Å². The summed E-state index contributed by atoms with van der Waals surface area (Å²) in [6, 6.07) is 21.1. The van der Waals surface area contributed by atoms with Gasteiger partial charge in [-0.2, -0.15) is 0 Å². The van der Waals surface area contributed by atoms with Crippen LogP contribution in [0.15, 0.2) is 60.7 Å². The molecule has 0 N–H and O–H groups in total. The van der Waals surface area contributed by atoms with Crippen molar-refractivity contribution >= 4 is 0 Å². The van der Waals surface area contributed by atoms with Crippen LogP contribution in [0.1, 0.15) is 25.0 Å². The van der Waals surface area contributed by atoms with Gasteiger partial charge in [-0.15, -0.1) is 0 Å². The van der Waals surface area contributed by atoms with Crippen molar-refractivity contribution in [3.05, 3.63) is 71.8 Å². The lowest BCUT2D eigenvalue weighted by atomic mass is 10.1. The molecule has 0 radical (unpaired) electrons. The third-order valence-electron chi connectivity index (χ3n) is 4.77. The van der Waals surface area contributed by atoms with Crippen molar-refractivity contribution in [2.45, 2.75) is 39.4 Å². The zero-order chi connectivity index (χ0) is 16.7. The molecule has 2 rings (SSSR count). The number of ether oxygens (including phenoxy) is 2. The van der Waals surface area contributed by atoms with Gasteiger partial charge in [0, 0.05) is 39.2 Å². The lowest BCUT2D eigenvalue weighted by molar-refractivity contribution is -1.03.